The second-order valence-electron chi connectivity index (χ2n) is 7.96. The van der Waals surface area contributed by atoms with Gasteiger partial charge in [0.25, 0.3) is 5.88 Å². The zero-order chi connectivity index (χ0) is 20.1. The topological polar surface area (TPSA) is 103 Å². The normalized spacial score (nSPS) is 16.5. The fourth-order valence-electron chi connectivity index (χ4n) is 3.30. The number of piperidine rings is 1. The molecular formula is C20H27N5O3. The van der Waals surface area contributed by atoms with Gasteiger partial charge >= 0.3 is 6.09 Å². The lowest BCUT2D eigenvalue weighted by Crippen LogP contribution is -2.43. The molecule has 0 radical (unpaired) electrons. The van der Waals surface area contributed by atoms with Gasteiger partial charge in [0.05, 0.1) is 6.20 Å². The zero-order valence-corrected chi connectivity index (χ0v) is 16.5. The van der Waals surface area contributed by atoms with Gasteiger partial charge in [-0.1, -0.05) is 12.1 Å². The van der Waals surface area contributed by atoms with Crippen molar-refractivity contribution in [2.45, 2.75) is 45.3 Å². The number of amides is 1. The van der Waals surface area contributed by atoms with Crippen molar-refractivity contribution in [3.8, 4) is 5.88 Å². The van der Waals surface area contributed by atoms with Crippen LogP contribution in [-0.2, 0) is 4.74 Å². The number of aromatic nitrogens is 3. The van der Waals surface area contributed by atoms with Crippen molar-refractivity contribution in [3.05, 3.63) is 42.4 Å². The van der Waals surface area contributed by atoms with E-state index in [0.717, 1.165) is 18.4 Å². The number of ether oxygens (including phenoxy) is 2. The summed E-state index contributed by atoms with van der Waals surface area (Å²) in [6.45, 7) is 6.84. The monoisotopic (exact) mass is 385 g/mol. The molecule has 2 aromatic rings. The van der Waals surface area contributed by atoms with E-state index in [1.807, 2.05) is 45.0 Å². The minimum atomic E-state index is -0.500. The van der Waals surface area contributed by atoms with Gasteiger partial charge in [-0.05, 0) is 51.3 Å². The van der Waals surface area contributed by atoms with Gasteiger partial charge in [0.1, 0.15) is 18.0 Å². The van der Waals surface area contributed by atoms with Crippen molar-refractivity contribution in [2.24, 2.45) is 5.92 Å². The molecule has 1 aliphatic heterocycles. The maximum absolute atomic E-state index is 12.3. The van der Waals surface area contributed by atoms with Crippen molar-refractivity contribution >= 4 is 11.8 Å². The number of carbonyl (C=O) groups is 1. The molecule has 0 spiro atoms. The lowest BCUT2D eigenvalue weighted by molar-refractivity contribution is 0.0101. The molecule has 1 saturated heterocycles. The molecular weight excluding hydrogens is 358 g/mol. The van der Waals surface area contributed by atoms with Gasteiger partial charge in [0, 0.05) is 24.7 Å². The second-order valence-corrected chi connectivity index (χ2v) is 7.96. The summed E-state index contributed by atoms with van der Waals surface area (Å²) in [5, 5.41) is 7.78. The van der Waals surface area contributed by atoms with Crippen LogP contribution in [-0.4, -0.2) is 44.9 Å². The Morgan fingerprint density at radius 2 is 2.04 bits per heavy atom. The minimum absolute atomic E-state index is 0.197. The molecule has 28 heavy (non-hydrogen) atoms. The molecule has 150 valence electrons. The smallest absolute Gasteiger partial charge is 0.410 e. The van der Waals surface area contributed by atoms with E-state index in [1.54, 1.807) is 11.1 Å². The average Bonchev–Trinajstić information content (AvgIpc) is 2.66. The summed E-state index contributed by atoms with van der Waals surface area (Å²) in [5.41, 5.74) is 7.12. The molecule has 1 aromatic heterocycles. The third-order valence-corrected chi connectivity index (χ3v) is 4.57. The first-order valence-electron chi connectivity index (χ1n) is 9.44. The van der Waals surface area contributed by atoms with Crippen molar-refractivity contribution < 1.29 is 14.3 Å². The van der Waals surface area contributed by atoms with Gasteiger partial charge in [0.2, 0.25) is 0 Å². The van der Waals surface area contributed by atoms with Gasteiger partial charge < -0.3 is 20.1 Å². The van der Waals surface area contributed by atoms with Crippen LogP contribution in [0.25, 0.3) is 0 Å². The van der Waals surface area contributed by atoms with Crippen molar-refractivity contribution in [2.75, 3.05) is 18.8 Å². The zero-order valence-electron chi connectivity index (χ0n) is 16.5. The molecule has 2 heterocycles. The Hall–Kier alpha value is -2.90. The van der Waals surface area contributed by atoms with E-state index in [4.69, 9.17) is 15.2 Å². The number of rotatable bonds is 4. The molecule has 1 aromatic carbocycles. The van der Waals surface area contributed by atoms with E-state index < -0.39 is 5.60 Å². The maximum Gasteiger partial charge on any atom is 0.410 e. The predicted molar refractivity (Wildman–Crippen MR) is 105 cm³/mol. The van der Waals surface area contributed by atoms with Gasteiger partial charge in [-0.3, -0.25) is 0 Å². The lowest BCUT2D eigenvalue weighted by Gasteiger charge is -2.36. The molecule has 1 aliphatic rings. The Labute approximate surface area is 165 Å². The molecule has 1 fully saturated rings. The van der Waals surface area contributed by atoms with Crippen LogP contribution in [0.3, 0.4) is 0 Å². The van der Waals surface area contributed by atoms with Crippen LogP contribution in [0.15, 0.2) is 36.8 Å². The summed E-state index contributed by atoms with van der Waals surface area (Å²) in [7, 11) is 0. The highest BCUT2D eigenvalue weighted by molar-refractivity contribution is 5.68. The first kappa shape index (κ1) is 19.9. The van der Waals surface area contributed by atoms with E-state index in [-0.39, 0.29) is 18.1 Å². The lowest BCUT2D eigenvalue weighted by atomic mass is 9.87. The molecule has 1 unspecified atom stereocenters. The Morgan fingerprint density at radius 1 is 1.29 bits per heavy atom. The SMILES string of the molecule is CC(C)(C)OC(=O)N1CCC(C(Oc2cncnn2)c2cccc(N)c2)CC1. The largest absolute Gasteiger partial charge is 0.467 e. The highest BCUT2D eigenvalue weighted by Gasteiger charge is 2.33. The quantitative estimate of drug-likeness (QED) is 0.806. The summed E-state index contributed by atoms with van der Waals surface area (Å²) in [5.74, 6) is 0.562. The molecule has 8 heteroatoms. The number of hydrogen-bond acceptors (Lipinski definition) is 7. The van der Waals surface area contributed by atoms with Gasteiger partial charge in [-0.25, -0.2) is 9.78 Å². The summed E-state index contributed by atoms with van der Waals surface area (Å²) in [6.07, 6.45) is 3.95. The molecule has 3 rings (SSSR count). The highest BCUT2D eigenvalue weighted by Crippen LogP contribution is 2.35. The number of nitrogen functional groups attached to an aromatic ring is 1. The van der Waals surface area contributed by atoms with E-state index in [2.05, 4.69) is 15.2 Å². The first-order chi connectivity index (χ1) is 13.3. The van der Waals surface area contributed by atoms with Crippen molar-refractivity contribution in [3.63, 3.8) is 0 Å². The highest BCUT2D eigenvalue weighted by atomic mass is 16.6. The first-order valence-corrected chi connectivity index (χ1v) is 9.44. The van der Waals surface area contributed by atoms with E-state index >= 15 is 0 Å². The molecule has 0 aliphatic carbocycles. The fraction of sp³-hybridized carbons (Fsp3) is 0.500. The molecule has 0 saturated carbocycles. The Balaban J connectivity index is 1.72. The molecule has 8 nitrogen and oxygen atoms in total. The number of carbonyl (C=O) groups excluding carboxylic acids is 1. The summed E-state index contributed by atoms with van der Waals surface area (Å²) in [6, 6.07) is 7.65. The third kappa shape index (κ3) is 5.31. The summed E-state index contributed by atoms with van der Waals surface area (Å²) < 4.78 is 11.6. The Kier molecular flexibility index (Phi) is 5.96. The maximum atomic E-state index is 12.3. The predicted octanol–water partition coefficient (Wildman–Crippen LogP) is 3.22. The molecule has 2 N–H and O–H groups in total. The van der Waals surface area contributed by atoms with Crippen molar-refractivity contribution in [1.29, 1.82) is 0 Å². The Morgan fingerprint density at radius 3 is 2.64 bits per heavy atom. The fourth-order valence-corrected chi connectivity index (χ4v) is 3.30. The average molecular weight is 385 g/mol. The molecule has 0 bridgehead atoms. The van der Waals surface area contributed by atoms with Crippen molar-refractivity contribution in [1.82, 2.24) is 20.1 Å². The number of likely N-dealkylation sites (tertiary alicyclic amines) is 1. The summed E-state index contributed by atoms with van der Waals surface area (Å²) in [4.78, 5) is 18.0. The number of nitrogens with two attached hydrogens (primary N) is 1. The van der Waals surface area contributed by atoms with Crippen LogP contribution < -0.4 is 10.5 Å². The number of benzene rings is 1. The van der Waals surface area contributed by atoms with E-state index in [0.29, 0.717) is 24.7 Å². The van der Waals surface area contributed by atoms with Gasteiger partial charge in [-0.15, -0.1) is 10.2 Å². The van der Waals surface area contributed by atoms with E-state index in [9.17, 15) is 4.79 Å². The van der Waals surface area contributed by atoms with Crippen LogP contribution in [0.5, 0.6) is 5.88 Å². The van der Waals surface area contributed by atoms with Crippen LogP contribution in [0.2, 0.25) is 0 Å². The van der Waals surface area contributed by atoms with Crippen LogP contribution in [0.1, 0.15) is 45.3 Å². The minimum Gasteiger partial charge on any atom is -0.467 e. The number of hydrogen-bond donors (Lipinski definition) is 1. The van der Waals surface area contributed by atoms with Crippen LogP contribution in [0.4, 0.5) is 10.5 Å². The third-order valence-electron chi connectivity index (χ3n) is 4.57. The second kappa shape index (κ2) is 8.41. The Bertz CT molecular complexity index is 786. The molecule has 1 atom stereocenters. The number of nitrogens with zero attached hydrogens (tertiary/aromatic N) is 4. The van der Waals surface area contributed by atoms with Crippen LogP contribution >= 0.6 is 0 Å². The standard InChI is InChI=1S/C20H27N5O3/c1-20(2,3)28-19(26)25-9-7-14(8-10-25)18(15-5-4-6-16(21)11-15)27-17-12-22-13-23-24-17/h4-6,11-14,18H,7-10,21H2,1-3H3. The van der Waals surface area contributed by atoms with Gasteiger partial charge in [-0.2, -0.15) is 0 Å². The van der Waals surface area contributed by atoms with E-state index in [1.165, 1.54) is 6.33 Å². The van der Waals surface area contributed by atoms with Crippen LogP contribution in [0, 0.1) is 5.92 Å². The summed E-state index contributed by atoms with van der Waals surface area (Å²) >= 11 is 0. The number of anilines is 1. The molecule has 1 amide bonds. The van der Waals surface area contributed by atoms with Gasteiger partial charge in [0.15, 0.2) is 0 Å².